The van der Waals surface area contributed by atoms with E-state index in [4.69, 9.17) is 9.84 Å². The second kappa shape index (κ2) is 6.01. The molecule has 0 aliphatic carbocycles. The molecule has 0 spiro atoms. The standard InChI is InChI=1S/C11H19N3O4/c15-10(16)8-5-18-6-9(8)14-11(17)13-7-1-3-12-4-2-7/h7-9,12H,1-6H2,(H,15,16)(H2,13,14,17). The van der Waals surface area contributed by atoms with Crippen molar-refractivity contribution >= 4 is 12.0 Å². The molecule has 0 aromatic carbocycles. The van der Waals surface area contributed by atoms with Crippen LogP contribution in [0.4, 0.5) is 4.79 Å². The average Bonchev–Trinajstić information content (AvgIpc) is 2.78. The number of rotatable bonds is 3. The Hall–Kier alpha value is -1.34. The second-order valence-corrected chi connectivity index (χ2v) is 4.73. The largest absolute Gasteiger partial charge is 0.481 e. The molecule has 2 rings (SSSR count). The molecule has 2 atom stereocenters. The van der Waals surface area contributed by atoms with Gasteiger partial charge in [0, 0.05) is 6.04 Å². The molecule has 7 heteroatoms. The van der Waals surface area contributed by atoms with Gasteiger partial charge in [-0.3, -0.25) is 4.79 Å². The fourth-order valence-corrected chi connectivity index (χ4v) is 2.30. The molecule has 0 aromatic rings. The number of nitrogens with one attached hydrogen (secondary N) is 3. The monoisotopic (exact) mass is 257 g/mol. The molecule has 18 heavy (non-hydrogen) atoms. The predicted molar refractivity (Wildman–Crippen MR) is 63.3 cm³/mol. The van der Waals surface area contributed by atoms with Crippen LogP contribution in [0.2, 0.25) is 0 Å². The lowest BCUT2D eigenvalue weighted by Gasteiger charge is -2.25. The van der Waals surface area contributed by atoms with Crippen molar-refractivity contribution in [2.75, 3.05) is 26.3 Å². The zero-order valence-corrected chi connectivity index (χ0v) is 10.1. The van der Waals surface area contributed by atoms with Gasteiger partial charge in [0.1, 0.15) is 5.92 Å². The van der Waals surface area contributed by atoms with Crippen LogP contribution in [0.25, 0.3) is 0 Å². The number of aliphatic carboxylic acids is 1. The van der Waals surface area contributed by atoms with E-state index in [1.54, 1.807) is 0 Å². The average molecular weight is 257 g/mol. The van der Waals surface area contributed by atoms with Crippen LogP contribution in [0, 0.1) is 5.92 Å². The van der Waals surface area contributed by atoms with Gasteiger partial charge in [-0.2, -0.15) is 0 Å². The molecule has 102 valence electrons. The van der Waals surface area contributed by atoms with Gasteiger partial charge in [0.15, 0.2) is 0 Å². The van der Waals surface area contributed by atoms with Crippen molar-refractivity contribution in [3.8, 4) is 0 Å². The number of ether oxygens (including phenoxy) is 1. The van der Waals surface area contributed by atoms with Gasteiger partial charge in [-0.1, -0.05) is 0 Å². The number of carboxylic acid groups (broad SMARTS) is 1. The van der Waals surface area contributed by atoms with Gasteiger partial charge in [-0.15, -0.1) is 0 Å². The Morgan fingerprint density at radius 2 is 1.89 bits per heavy atom. The topological polar surface area (TPSA) is 99.7 Å². The molecule has 4 N–H and O–H groups in total. The summed E-state index contributed by atoms with van der Waals surface area (Å²) in [5.41, 5.74) is 0. The molecule has 7 nitrogen and oxygen atoms in total. The number of hydrogen-bond acceptors (Lipinski definition) is 4. The van der Waals surface area contributed by atoms with E-state index in [1.807, 2.05) is 0 Å². The van der Waals surface area contributed by atoms with Crippen molar-refractivity contribution in [1.82, 2.24) is 16.0 Å². The molecule has 2 amide bonds. The number of amides is 2. The summed E-state index contributed by atoms with van der Waals surface area (Å²) in [6.45, 7) is 2.22. The predicted octanol–water partition coefficient (Wildman–Crippen LogP) is -0.863. The van der Waals surface area contributed by atoms with Crippen LogP contribution in [0.1, 0.15) is 12.8 Å². The smallest absolute Gasteiger partial charge is 0.315 e. The lowest BCUT2D eigenvalue weighted by atomic mass is 10.0. The summed E-state index contributed by atoms with van der Waals surface area (Å²) in [7, 11) is 0. The van der Waals surface area contributed by atoms with Gasteiger partial charge in [0.2, 0.25) is 0 Å². The molecule has 2 fully saturated rings. The Labute approximate surface area is 105 Å². The second-order valence-electron chi connectivity index (χ2n) is 4.73. The van der Waals surface area contributed by atoms with Crippen LogP contribution in [0.3, 0.4) is 0 Å². The van der Waals surface area contributed by atoms with Crippen molar-refractivity contribution in [3.05, 3.63) is 0 Å². The quantitative estimate of drug-likeness (QED) is 0.527. The molecule has 2 aliphatic rings. The van der Waals surface area contributed by atoms with Crippen LogP contribution in [0.5, 0.6) is 0 Å². The van der Waals surface area contributed by atoms with E-state index < -0.39 is 17.9 Å². The number of urea groups is 1. The number of carboxylic acids is 1. The molecule has 0 bridgehead atoms. The van der Waals surface area contributed by atoms with Gasteiger partial charge in [0.05, 0.1) is 19.3 Å². The molecule has 0 radical (unpaired) electrons. The molecular weight excluding hydrogens is 238 g/mol. The minimum absolute atomic E-state index is 0.160. The highest BCUT2D eigenvalue weighted by Gasteiger charge is 2.35. The summed E-state index contributed by atoms with van der Waals surface area (Å²) in [6.07, 6.45) is 1.80. The fourth-order valence-electron chi connectivity index (χ4n) is 2.30. The van der Waals surface area contributed by atoms with E-state index in [0.29, 0.717) is 0 Å². The molecule has 0 saturated carbocycles. The van der Waals surface area contributed by atoms with E-state index >= 15 is 0 Å². The third-order valence-electron chi connectivity index (χ3n) is 3.39. The molecule has 2 aliphatic heterocycles. The van der Waals surface area contributed by atoms with E-state index in [9.17, 15) is 9.59 Å². The highest BCUT2D eigenvalue weighted by atomic mass is 16.5. The Morgan fingerprint density at radius 3 is 2.56 bits per heavy atom. The minimum atomic E-state index is -0.931. The summed E-state index contributed by atoms with van der Waals surface area (Å²) < 4.78 is 5.09. The van der Waals surface area contributed by atoms with Crippen LogP contribution in [0.15, 0.2) is 0 Å². The van der Waals surface area contributed by atoms with E-state index in [1.165, 1.54) is 0 Å². The first-order chi connectivity index (χ1) is 8.66. The van der Waals surface area contributed by atoms with Crippen molar-refractivity contribution in [2.45, 2.75) is 24.9 Å². The maximum atomic E-state index is 11.7. The Bertz CT molecular complexity index is 317. The zero-order chi connectivity index (χ0) is 13.0. The Balaban J connectivity index is 1.77. The number of carbonyl (C=O) groups excluding carboxylic acids is 1. The first-order valence-corrected chi connectivity index (χ1v) is 6.25. The van der Waals surface area contributed by atoms with Gasteiger partial charge in [0.25, 0.3) is 0 Å². The molecule has 2 unspecified atom stereocenters. The van der Waals surface area contributed by atoms with Crippen molar-refractivity contribution in [1.29, 1.82) is 0 Å². The maximum Gasteiger partial charge on any atom is 0.315 e. The normalized spacial score (nSPS) is 28.9. The number of carbonyl (C=O) groups is 2. The van der Waals surface area contributed by atoms with Gasteiger partial charge in [-0.05, 0) is 25.9 Å². The van der Waals surface area contributed by atoms with Crippen LogP contribution in [-0.4, -0.2) is 55.5 Å². The summed E-state index contributed by atoms with van der Waals surface area (Å²) in [5, 5.41) is 17.7. The Kier molecular flexibility index (Phi) is 4.38. The minimum Gasteiger partial charge on any atom is -0.481 e. The van der Waals surface area contributed by atoms with E-state index in [-0.39, 0.29) is 25.3 Å². The van der Waals surface area contributed by atoms with Crippen molar-refractivity contribution < 1.29 is 19.4 Å². The highest BCUT2D eigenvalue weighted by molar-refractivity contribution is 5.77. The Morgan fingerprint density at radius 1 is 1.17 bits per heavy atom. The first kappa shape index (κ1) is 13.1. The highest BCUT2D eigenvalue weighted by Crippen LogP contribution is 2.13. The van der Waals surface area contributed by atoms with E-state index in [2.05, 4.69) is 16.0 Å². The molecule has 2 saturated heterocycles. The fraction of sp³-hybridized carbons (Fsp3) is 0.818. The third-order valence-corrected chi connectivity index (χ3v) is 3.39. The zero-order valence-electron chi connectivity index (χ0n) is 10.1. The summed E-state index contributed by atoms with van der Waals surface area (Å²) in [4.78, 5) is 22.7. The summed E-state index contributed by atoms with van der Waals surface area (Å²) in [6, 6.07) is -0.579. The van der Waals surface area contributed by atoms with Crippen molar-refractivity contribution in [3.63, 3.8) is 0 Å². The lowest BCUT2D eigenvalue weighted by molar-refractivity contribution is -0.142. The molecule has 2 heterocycles. The van der Waals surface area contributed by atoms with Gasteiger partial charge in [-0.25, -0.2) is 4.79 Å². The summed E-state index contributed by atoms with van der Waals surface area (Å²) >= 11 is 0. The number of hydrogen-bond donors (Lipinski definition) is 4. The van der Waals surface area contributed by atoms with Gasteiger partial charge < -0.3 is 25.8 Å². The lowest BCUT2D eigenvalue weighted by Crippen LogP contribution is -2.51. The summed E-state index contributed by atoms with van der Waals surface area (Å²) in [5.74, 6) is -1.58. The third kappa shape index (κ3) is 3.33. The molecular formula is C11H19N3O4. The van der Waals surface area contributed by atoms with E-state index in [0.717, 1.165) is 25.9 Å². The SMILES string of the molecule is O=C(NC1CCNCC1)NC1COCC1C(=O)O. The molecule has 0 aromatic heterocycles. The van der Waals surface area contributed by atoms with Crippen LogP contribution >= 0.6 is 0 Å². The maximum absolute atomic E-state index is 11.7. The van der Waals surface area contributed by atoms with Crippen LogP contribution in [-0.2, 0) is 9.53 Å². The number of piperidine rings is 1. The van der Waals surface area contributed by atoms with Gasteiger partial charge >= 0.3 is 12.0 Å². The van der Waals surface area contributed by atoms with Crippen molar-refractivity contribution in [2.24, 2.45) is 5.92 Å². The van der Waals surface area contributed by atoms with Crippen LogP contribution < -0.4 is 16.0 Å². The first-order valence-electron chi connectivity index (χ1n) is 6.25.